The smallest absolute Gasteiger partial charge is 0.209 e. The first-order chi connectivity index (χ1) is 7.42. The molecule has 0 aliphatic rings. The van der Waals surface area contributed by atoms with Crippen LogP contribution in [-0.4, -0.2) is 14.5 Å². The maximum Gasteiger partial charge on any atom is 0.240 e. The molecule has 0 aliphatic heterocycles. The van der Waals surface area contributed by atoms with Crippen molar-refractivity contribution >= 4 is 10.0 Å². The molecule has 0 radical (unpaired) electrons. The fourth-order valence-electron chi connectivity index (χ4n) is 1.10. The maximum absolute atomic E-state index is 11.6. The van der Waals surface area contributed by atoms with Gasteiger partial charge >= 0.3 is 0 Å². The quantitative estimate of drug-likeness (QED) is 0.887. The number of hydrogen-bond donors (Lipinski definition) is 1. The topological polar surface area (TPSA) is 46.2 Å². The average Bonchev–Trinajstić information content (AvgIpc) is 2.19. The van der Waals surface area contributed by atoms with Crippen molar-refractivity contribution in [2.75, 3.05) is 0 Å². The minimum Gasteiger partial charge on any atom is -0.209 e. The second-order valence-electron chi connectivity index (χ2n) is 3.59. The Morgan fingerprint density at radius 3 is 1.88 bits per heavy atom. The van der Waals surface area contributed by atoms with E-state index < -0.39 is 10.0 Å². The van der Waals surface area contributed by atoms with E-state index in [-0.39, 0.29) is 6.04 Å². The zero-order chi connectivity index (χ0) is 12.8. The van der Waals surface area contributed by atoms with Gasteiger partial charge in [-0.1, -0.05) is 31.5 Å². The minimum atomic E-state index is -3.33. The summed E-state index contributed by atoms with van der Waals surface area (Å²) in [7, 11) is -3.33. The van der Waals surface area contributed by atoms with Crippen LogP contribution in [-0.2, 0) is 10.0 Å². The third-order valence-electron chi connectivity index (χ3n) is 1.72. The van der Waals surface area contributed by atoms with E-state index in [4.69, 9.17) is 0 Å². The van der Waals surface area contributed by atoms with Crippen LogP contribution in [0.15, 0.2) is 29.2 Å². The van der Waals surface area contributed by atoms with Gasteiger partial charge in [-0.25, -0.2) is 13.1 Å². The minimum absolute atomic E-state index is 0.0821. The second-order valence-corrected chi connectivity index (χ2v) is 5.30. The monoisotopic (exact) mass is 243 g/mol. The van der Waals surface area contributed by atoms with Gasteiger partial charge in [0, 0.05) is 6.04 Å². The Kier molecular flexibility index (Phi) is 6.29. The highest BCUT2D eigenvalue weighted by Crippen LogP contribution is 2.10. The van der Waals surface area contributed by atoms with E-state index in [9.17, 15) is 8.42 Å². The predicted octanol–water partition coefficient (Wildman–Crippen LogP) is 2.71. The molecule has 0 fully saturated rings. The first-order valence-electron chi connectivity index (χ1n) is 5.51. The van der Waals surface area contributed by atoms with Crippen LogP contribution in [0, 0.1) is 6.92 Å². The van der Waals surface area contributed by atoms with Gasteiger partial charge < -0.3 is 0 Å². The molecule has 0 saturated carbocycles. The zero-order valence-electron chi connectivity index (χ0n) is 10.6. The van der Waals surface area contributed by atoms with E-state index in [0.29, 0.717) is 4.90 Å². The van der Waals surface area contributed by atoms with E-state index >= 15 is 0 Å². The van der Waals surface area contributed by atoms with Crippen LogP contribution >= 0.6 is 0 Å². The van der Waals surface area contributed by atoms with E-state index in [1.54, 1.807) is 38.1 Å². The Morgan fingerprint density at radius 1 is 1.06 bits per heavy atom. The second kappa shape index (κ2) is 6.66. The van der Waals surface area contributed by atoms with Crippen LogP contribution in [0.1, 0.15) is 33.3 Å². The molecule has 0 atom stereocenters. The number of hydrogen-bond acceptors (Lipinski definition) is 2. The molecule has 16 heavy (non-hydrogen) atoms. The van der Waals surface area contributed by atoms with Gasteiger partial charge in [0.05, 0.1) is 4.90 Å². The van der Waals surface area contributed by atoms with Crippen LogP contribution < -0.4 is 4.72 Å². The molecule has 0 unspecified atom stereocenters. The van der Waals surface area contributed by atoms with Crippen molar-refractivity contribution in [2.45, 2.75) is 45.6 Å². The molecule has 3 nitrogen and oxygen atoms in total. The van der Waals surface area contributed by atoms with E-state index in [2.05, 4.69) is 4.72 Å². The highest BCUT2D eigenvalue weighted by Gasteiger charge is 2.14. The summed E-state index contributed by atoms with van der Waals surface area (Å²) >= 11 is 0. The number of nitrogens with one attached hydrogen (secondary N) is 1. The summed E-state index contributed by atoms with van der Waals surface area (Å²) in [6.45, 7) is 9.52. The van der Waals surface area contributed by atoms with Crippen molar-refractivity contribution in [1.82, 2.24) is 4.72 Å². The fourth-order valence-corrected chi connectivity index (χ4v) is 2.35. The van der Waals surface area contributed by atoms with Gasteiger partial charge in [-0.05, 0) is 32.9 Å². The molecular weight excluding hydrogens is 222 g/mol. The number of aryl methyl sites for hydroxylation is 1. The Bertz CT molecular complexity index is 394. The predicted molar refractivity (Wildman–Crippen MR) is 68.0 cm³/mol. The SMILES string of the molecule is CC.Cc1ccc(S(=O)(=O)NC(C)C)cc1. The Hall–Kier alpha value is -0.870. The molecule has 0 spiro atoms. The van der Waals surface area contributed by atoms with Crippen molar-refractivity contribution < 1.29 is 8.42 Å². The van der Waals surface area contributed by atoms with Crippen molar-refractivity contribution in [2.24, 2.45) is 0 Å². The normalized spacial score (nSPS) is 10.9. The molecule has 0 amide bonds. The highest BCUT2D eigenvalue weighted by atomic mass is 32.2. The lowest BCUT2D eigenvalue weighted by Gasteiger charge is -2.09. The first kappa shape index (κ1) is 15.1. The van der Waals surface area contributed by atoms with Crippen LogP contribution in [0.4, 0.5) is 0 Å². The van der Waals surface area contributed by atoms with Crippen molar-refractivity contribution in [3.63, 3.8) is 0 Å². The van der Waals surface area contributed by atoms with Gasteiger partial charge in [0.25, 0.3) is 0 Å². The van der Waals surface area contributed by atoms with Crippen molar-refractivity contribution in [3.8, 4) is 0 Å². The largest absolute Gasteiger partial charge is 0.240 e. The van der Waals surface area contributed by atoms with E-state index in [1.165, 1.54) is 0 Å². The van der Waals surface area contributed by atoms with E-state index in [1.807, 2.05) is 20.8 Å². The maximum atomic E-state index is 11.6. The Morgan fingerprint density at radius 2 is 1.50 bits per heavy atom. The van der Waals surface area contributed by atoms with Crippen LogP contribution in [0.2, 0.25) is 0 Å². The Labute approximate surface area is 98.9 Å². The number of benzene rings is 1. The average molecular weight is 243 g/mol. The van der Waals surface area contributed by atoms with Gasteiger partial charge in [-0.3, -0.25) is 0 Å². The third-order valence-corrected chi connectivity index (χ3v) is 3.40. The molecule has 0 bridgehead atoms. The fraction of sp³-hybridized carbons (Fsp3) is 0.500. The molecule has 92 valence electrons. The zero-order valence-corrected chi connectivity index (χ0v) is 11.4. The molecule has 0 heterocycles. The highest BCUT2D eigenvalue weighted by molar-refractivity contribution is 7.89. The van der Waals surface area contributed by atoms with Crippen molar-refractivity contribution in [1.29, 1.82) is 0 Å². The van der Waals surface area contributed by atoms with Crippen LogP contribution in [0.5, 0.6) is 0 Å². The molecule has 1 aromatic carbocycles. The Balaban J connectivity index is 0.00000106. The molecule has 1 rings (SSSR count). The molecule has 1 aromatic rings. The summed E-state index contributed by atoms with van der Waals surface area (Å²) < 4.78 is 25.8. The summed E-state index contributed by atoms with van der Waals surface area (Å²) in [6, 6.07) is 6.71. The van der Waals surface area contributed by atoms with Crippen LogP contribution in [0.3, 0.4) is 0 Å². The van der Waals surface area contributed by atoms with Gasteiger partial charge in [-0.2, -0.15) is 0 Å². The molecule has 1 N–H and O–H groups in total. The molecular formula is C12H21NO2S. The number of sulfonamides is 1. The third kappa shape index (κ3) is 4.77. The van der Waals surface area contributed by atoms with Gasteiger partial charge in [0.2, 0.25) is 10.0 Å². The molecule has 4 heteroatoms. The lowest BCUT2D eigenvalue weighted by atomic mass is 10.2. The van der Waals surface area contributed by atoms with Gasteiger partial charge in [-0.15, -0.1) is 0 Å². The van der Waals surface area contributed by atoms with Gasteiger partial charge in [0.15, 0.2) is 0 Å². The summed E-state index contributed by atoms with van der Waals surface area (Å²) in [5.41, 5.74) is 1.05. The number of rotatable bonds is 3. The summed E-state index contributed by atoms with van der Waals surface area (Å²) in [4.78, 5) is 0.316. The van der Waals surface area contributed by atoms with Crippen LogP contribution in [0.25, 0.3) is 0 Å². The standard InChI is InChI=1S/C10H15NO2S.C2H6/c1-8(2)11-14(12,13)10-6-4-9(3)5-7-10;1-2/h4-8,11H,1-3H3;1-2H3. The summed E-state index contributed by atoms with van der Waals surface area (Å²) in [5.74, 6) is 0. The first-order valence-corrected chi connectivity index (χ1v) is 6.99. The molecule has 0 aliphatic carbocycles. The van der Waals surface area contributed by atoms with Crippen molar-refractivity contribution in [3.05, 3.63) is 29.8 Å². The van der Waals surface area contributed by atoms with Gasteiger partial charge in [0.1, 0.15) is 0 Å². The summed E-state index contributed by atoms with van der Waals surface area (Å²) in [5, 5.41) is 0. The lowest BCUT2D eigenvalue weighted by molar-refractivity contribution is 0.570. The molecule has 0 saturated heterocycles. The summed E-state index contributed by atoms with van der Waals surface area (Å²) in [6.07, 6.45) is 0. The van der Waals surface area contributed by atoms with E-state index in [0.717, 1.165) is 5.56 Å². The molecule has 0 aromatic heterocycles. The lowest BCUT2D eigenvalue weighted by Crippen LogP contribution is -2.30.